The van der Waals surface area contributed by atoms with Crippen molar-refractivity contribution in [3.8, 4) is 0 Å². The maximum atomic E-state index is 11.1. The molecule has 0 aliphatic rings. The SMILES string of the molecule is CCCCCCCCCCCCCCNC(C(C)=O)C(=O)O. The molecule has 0 fully saturated rings. The van der Waals surface area contributed by atoms with Gasteiger partial charge in [0.1, 0.15) is 0 Å². The minimum atomic E-state index is -1.08. The number of carboxylic acid groups (broad SMARTS) is 1. The number of hydrogen-bond acceptors (Lipinski definition) is 3. The molecule has 0 aliphatic heterocycles. The minimum absolute atomic E-state index is 0.327. The molecule has 1 atom stereocenters. The molecule has 0 saturated carbocycles. The van der Waals surface area contributed by atoms with E-state index in [0.29, 0.717) is 6.54 Å². The van der Waals surface area contributed by atoms with Crippen molar-refractivity contribution in [3.63, 3.8) is 0 Å². The van der Waals surface area contributed by atoms with Crippen LogP contribution in [0.15, 0.2) is 0 Å². The van der Waals surface area contributed by atoms with E-state index in [1.807, 2.05) is 0 Å². The summed E-state index contributed by atoms with van der Waals surface area (Å²) in [6, 6.07) is -1.03. The van der Waals surface area contributed by atoms with Crippen LogP contribution in [0.3, 0.4) is 0 Å². The van der Waals surface area contributed by atoms with Crippen LogP contribution in [0.5, 0.6) is 0 Å². The van der Waals surface area contributed by atoms with Crippen LogP contribution >= 0.6 is 0 Å². The number of rotatable bonds is 16. The summed E-state index contributed by atoms with van der Waals surface area (Å²) in [5.41, 5.74) is 0. The van der Waals surface area contributed by atoms with E-state index in [-0.39, 0.29) is 5.78 Å². The lowest BCUT2D eigenvalue weighted by molar-refractivity contribution is -0.142. The molecule has 0 radical (unpaired) electrons. The molecule has 0 aromatic heterocycles. The summed E-state index contributed by atoms with van der Waals surface area (Å²) in [5, 5.41) is 11.7. The monoisotopic (exact) mass is 313 g/mol. The van der Waals surface area contributed by atoms with Crippen molar-refractivity contribution in [2.45, 2.75) is 96.9 Å². The van der Waals surface area contributed by atoms with Gasteiger partial charge in [0, 0.05) is 0 Å². The second-order valence-electron chi connectivity index (χ2n) is 6.23. The zero-order valence-corrected chi connectivity index (χ0v) is 14.5. The third-order valence-electron chi connectivity index (χ3n) is 4.03. The van der Waals surface area contributed by atoms with Crippen molar-refractivity contribution < 1.29 is 14.7 Å². The summed E-state index contributed by atoms with van der Waals surface area (Å²) < 4.78 is 0. The molecule has 0 heterocycles. The Morgan fingerprint density at radius 2 is 1.23 bits per heavy atom. The summed E-state index contributed by atoms with van der Waals surface area (Å²) in [6.45, 7) is 4.17. The van der Waals surface area contributed by atoms with Crippen LogP contribution < -0.4 is 5.32 Å². The Kier molecular flexibility index (Phi) is 14.4. The highest BCUT2D eigenvalue weighted by atomic mass is 16.4. The standard InChI is InChI=1S/C18H35NO3/c1-3-4-5-6-7-8-9-10-11-12-13-14-15-19-17(16(2)20)18(21)22/h17,19H,3-15H2,1-2H3,(H,21,22). The second kappa shape index (κ2) is 15.0. The molecule has 0 aromatic carbocycles. The van der Waals surface area contributed by atoms with Crippen molar-refractivity contribution in [1.29, 1.82) is 0 Å². The third kappa shape index (κ3) is 12.8. The van der Waals surface area contributed by atoms with Crippen molar-refractivity contribution in [2.24, 2.45) is 0 Å². The fourth-order valence-corrected chi connectivity index (χ4v) is 2.62. The summed E-state index contributed by atoms with van der Waals surface area (Å²) in [6.07, 6.45) is 15.4. The van der Waals surface area contributed by atoms with Gasteiger partial charge in [0.2, 0.25) is 0 Å². The first-order valence-electron chi connectivity index (χ1n) is 9.06. The number of unbranched alkanes of at least 4 members (excludes halogenated alkanes) is 11. The van der Waals surface area contributed by atoms with Gasteiger partial charge in [0.05, 0.1) is 0 Å². The van der Waals surface area contributed by atoms with E-state index in [1.165, 1.54) is 71.1 Å². The summed E-state index contributed by atoms with van der Waals surface area (Å²) >= 11 is 0. The number of carbonyl (C=O) groups excluding carboxylic acids is 1. The maximum Gasteiger partial charge on any atom is 0.328 e. The van der Waals surface area contributed by atoms with Gasteiger partial charge in [-0.05, 0) is 19.9 Å². The molecule has 0 saturated heterocycles. The molecule has 0 aliphatic carbocycles. The van der Waals surface area contributed by atoms with E-state index in [0.717, 1.165) is 12.8 Å². The largest absolute Gasteiger partial charge is 0.480 e. The van der Waals surface area contributed by atoms with Crippen LogP contribution in [0.2, 0.25) is 0 Å². The Hall–Kier alpha value is -0.900. The Balaban J connectivity index is 3.26. The molecule has 0 aromatic rings. The van der Waals surface area contributed by atoms with Gasteiger partial charge in [-0.15, -0.1) is 0 Å². The van der Waals surface area contributed by atoms with Crippen molar-refractivity contribution in [1.82, 2.24) is 5.32 Å². The van der Waals surface area contributed by atoms with Crippen LogP contribution in [0.4, 0.5) is 0 Å². The fourth-order valence-electron chi connectivity index (χ4n) is 2.62. The van der Waals surface area contributed by atoms with E-state index in [2.05, 4.69) is 12.2 Å². The quantitative estimate of drug-likeness (QED) is 0.329. The average molecular weight is 313 g/mol. The van der Waals surface area contributed by atoms with Crippen molar-refractivity contribution in [3.05, 3.63) is 0 Å². The highest BCUT2D eigenvalue weighted by Gasteiger charge is 2.20. The van der Waals surface area contributed by atoms with E-state index in [9.17, 15) is 9.59 Å². The normalized spacial score (nSPS) is 12.3. The Morgan fingerprint density at radius 3 is 1.59 bits per heavy atom. The second-order valence-corrected chi connectivity index (χ2v) is 6.23. The Morgan fingerprint density at radius 1 is 0.818 bits per heavy atom. The zero-order chi connectivity index (χ0) is 16.6. The van der Waals surface area contributed by atoms with Crippen LogP contribution in [0, 0.1) is 0 Å². The lowest BCUT2D eigenvalue weighted by Crippen LogP contribution is -2.42. The van der Waals surface area contributed by atoms with Gasteiger partial charge in [-0.2, -0.15) is 0 Å². The van der Waals surface area contributed by atoms with Gasteiger partial charge in [0.15, 0.2) is 11.8 Å². The molecule has 2 N–H and O–H groups in total. The van der Waals surface area contributed by atoms with Crippen LogP contribution in [0.1, 0.15) is 90.9 Å². The Bertz CT molecular complexity index is 278. The number of Topliss-reactive ketones (excluding diaryl/α,β-unsaturated/α-hetero) is 1. The topological polar surface area (TPSA) is 66.4 Å². The molecule has 4 heteroatoms. The molecular weight excluding hydrogens is 278 g/mol. The highest BCUT2D eigenvalue weighted by Crippen LogP contribution is 2.11. The van der Waals surface area contributed by atoms with Gasteiger partial charge in [-0.3, -0.25) is 14.9 Å². The molecule has 0 bridgehead atoms. The lowest BCUT2D eigenvalue weighted by Gasteiger charge is -2.10. The zero-order valence-electron chi connectivity index (χ0n) is 14.5. The van der Waals surface area contributed by atoms with E-state index in [1.54, 1.807) is 0 Å². The van der Waals surface area contributed by atoms with Gasteiger partial charge < -0.3 is 5.11 Å². The maximum absolute atomic E-state index is 11.1. The van der Waals surface area contributed by atoms with E-state index >= 15 is 0 Å². The summed E-state index contributed by atoms with van der Waals surface area (Å²) in [7, 11) is 0. The minimum Gasteiger partial charge on any atom is -0.480 e. The number of hydrogen-bond donors (Lipinski definition) is 2. The van der Waals surface area contributed by atoms with Crippen LogP contribution in [-0.4, -0.2) is 29.4 Å². The van der Waals surface area contributed by atoms with Gasteiger partial charge >= 0.3 is 5.97 Å². The number of ketones is 1. The molecule has 130 valence electrons. The molecule has 0 spiro atoms. The van der Waals surface area contributed by atoms with Crippen LogP contribution in [-0.2, 0) is 9.59 Å². The first-order valence-corrected chi connectivity index (χ1v) is 9.06. The first kappa shape index (κ1) is 21.1. The summed E-state index contributed by atoms with van der Waals surface area (Å²) in [4.78, 5) is 21.9. The van der Waals surface area contributed by atoms with Gasteiger partial charge in [-0.1, -0.05) is 77.6 Å². The predicted molar refractivity (Wildman–Crippen MR) is 91.2 cm³/mol. The molecular formula is C18H35NO3. The Labute approximate surface area is 136 Å². The number of carbonyl (C=O) groups is 2. The van der Waals surface area contributed by atoms with Gasteiger partial charge in [0.25, 0.3) is 0 Å². The average Bonchev–Trinajstić information content (AvgIpc) is 2.46. The van der Waals surface area contributed by atoms with E-state index < -0.39 is 12.0 Å². The third-order valence-corrected chi connectivity index (χ3v) is 4.03. The fraction of sp³-hybridized carbons (Fsp3) is 0.889. The molecule has 0 amide bonds. The smallest absolute Gasteiger partial charge is 0.328 e. The molecule has 0 rings (SSSR count). The lowest BCUT2D eigenvalue weighted by atomic mass is 10.1. The van der Waals surface area contributed by atoms with Crippen molar-refractivity contribution >= 4 is 11.8 Å². The first-order chi connectivity index (χ1) is 10.6. The number of carboxylic acids is 1. The van der Waals surface area contributed by atoms with E-state index in [4.69, 9.17) is 5.11 Å². The van der Waals surface area contributed by atoms with Crippen LogP contribution in [0.25, 0.3) is 0 Å². The van der Waals surface area contributed by atoms with Gasteiger partial charge in [-0.25, -0.2) is 0 Å². The molecule has 22 heavy (non-hydrogen) atoms. The molecule has 4 nitrogen and oxygen atoms in total. The van der Waals surface area contributed by atoms with Crippen molar-refractivity contribution in [2.75, 3.05) is 6.54 Å². The highest BCUT2D eigenvalue weighted by molar-refractivity contribution is 6.01. The molecule has 1 unspecified atom stereocenters. The number of aliphatic carboxylic acids is 1. The number of nitrogens with one attached hydrogen (secondary N) is 1. The summed E-state index contributed by atoms with van der Waals surface area (Å²) in [5.74, 6) is -1.40. The predicted octanol–water partition coefficient (Wildman–Crippen LogP) is 4.32.